The molecule has 1 atom stereocenters. The number of hydrogen-bond donors (Lipinski definition) is 1. The molecule has 2 N–H and O–H groups in total. The van der Waals surface area contributed by atoms with Gasteiger partial charge in [0.2, 0.25) is 0 Å². The van der Waals surface area contributed by atoms with Crippen molar-refractivity contribution in [2.75, 3.05) is 18.5 Å². The highest BCUT2D eigenvalue weighted by molar-refractivity contribution is 5.54. The number of anilines is 1. The zero-order chi connectivity index (χ0) is 13.2. The van der Waals surface area contributed by atoms with Crippen molar-refractivity contribution in [3.63, 3.8) is 0 Å². The second-order valence-electron chi connectivity index (χ2n) is 6.05. The van der Waals surface area contributed by atoms with Crippen molar-refractivity contribution in [1.82, 2.24) is 0 Å². The molecule has 1 unspecified atom stereocenters. The molecule has 0 heterocycles. The summed E-state index contributed by atoms with van der Waals surface area (Å²) in [6, 6.07) is 8.58. The summed E-state index contributed by atoms with van der Waals surface area (Å²) >= 11 is 0. The Morgan fingerprint density at radius 3 is 2.50 bits per heavy atom. The van der Waals surface area contributed by atoms with E-state index in [2.05, 4.69) is 50.1 Å². The van der Waals surface area contributed by atoms with Crippen molar-refractivity contribution < 1.29 is 0 Å². The van der Waals surface area contributed by atoms with Crippen molar-refractivity contribution in [1.29, 1.82) is 0 Å². The van der Waals surface area contributed by atoms with E-state index >= 15 is 0 Å². The van der Waals surface area contributed by atoms with Gasteiger partial charge in [-0.05, 0) is 37.8 Å². The van der Waals surface area contributed by atoms with Gasteiger partial charge in [0.05, 0.1) is 0 Å². The SMILES string of the molecule is Cc1ccccc1N(C)C(C)(CN)CC1CCC1. The molecule has 0 spiro atoms. The number of aryl methyl sites for hydroxylation is 1. The van der Waals surface area contributed by atoms with Crippen LogP contribution >= 0.6 is 0 Å². The Morgan fingerprint density at radius 2 is 2.00 bits per heavy atom. The average molecular weight is 246 g/mol. The normalized spacial score (nSPS) is 19.1. The number of rotatable bonds is 5. The molecular formula is C16H26N2. The summed E-state index contributed by atoms with van der Waals surface area (Å²) in [7, 11) is 2.19. The summed E-state index contributed by atoms with van der Waals surface area (Å²) < 4.78 is 0. The summed E-state index contributed by atoms with van der Waals surface area (Å²) in [6.45, 7) is 5.19. The molecule has 0 aromatic heterocycles. The first-order valence-corrected chi connectivity index (χ1v) is 7.06. The maximum Gasteiger partial charge on any atom is 0.0495 e. The Hall–Kier alpha value is -1.02. The van der Waals surface area contributed by atoms with E-state index in [1.807, 2.05) is 0 Å². The summed E-state index contributed by atoms with van der Waals surface area (Å²) in [5.74, 6) is 0.880. The largest absolute Gasteiger partial charge is 0.368 e. The lowest BCUT2D eigenvalue weighted by Crippen LogP contribution is -2.52. The van der Waals surface area contributed by atoms with Crippen LogP contribution in [0.3, 0.4) is 0 Å². The van der Waals surface area contributed by atoms with Gasteiger partial charge in [-0.2, -0.15) is 0 Å². The third-order valence-electron chi connectivity index (χ3n) is 4.68. The van der Waals surface area contributed by atoms with Crippen LogP contribution in [0, 0.1) is 12.8 Å². The van der Waals surface area contributed by atoms with Crippen molar-refractivity contribution in [2.45, 2.75) is 45.1 Å². The van der Waals surface area contributed by atoms with Crippen LogP contribution in [-0.4, -0.2) is 19.1 Å². The highest BCUT2D eigenvalue weighted by Gasteiger charge is 2.33. The number of hydrogen-bond acceptors (Lipinski definition) is 2. The van der Waals surface area contributed by atoms with Gasteiger partial charge in [0.15, 0.2) is 0 Å². The van der Waals surface area contributed by atoms with Crippen molar-refractivity contribution >= 4 is 5.69 Å². The quantitative estimate of drug-likeness (QED) is 0.863. The maximum absolute atomic E-state index is 6.08. The Bertz CT molecular complexity index is 398. The number of para-hydroxylation sites is 1. The van der Waals surface area contributed by atoms with Crippen LogP contribution in [0.1, 0.15) is 38.2 Å². The van der Waals surface area contributed by atoms with Crippen molar-refractivity contribution in [2.24, 2.45) is 11.7 Å². The predicted octanol–water partition coefficient (Wildman–Crippen LogP) is 3.34. The van der Waals surface area contributed by atoms with E-state index in [1.165, 1.54) is 36.9 Å². The smallest absolute Gasteiger partial charge is 0.0495 e. The standard InChI is InChI=1S/C16H26N2/c1-13-7-4-5-10-15(13)18(3)16(2,12-17)11-14-8-6-9-14/h4-5,7,10,14H,6,8-9,11-12,17H2,1-3H3. The van der Waals surface area contributed by atoms with Crippen LogP contribution in [-0.2, 0) is 0 Å². The van der Waals surface area contributed by atoms with E-state index in [-0.39, 0.29) is 5.54 Å². The fourth-order valence-electron chi connectivity index (χ4n) is 2.91. The van der Waals surface area contributed by atoms with Crippen LogP contribution < -0.4 is 10.6 Å². The molecule has 1 aliphatic rings. The molecule has 0 aliphatic heterocycles. The molecule has 18 heavy (non-hydrogen) atoms. The summed E-state index contributed by atoms with van der Waals surface area (Å²) in [6.07, 6.45) is 5.39. The van der Waals surface area contributed by atoms with Gasteiger partial charge in [0, 0.05) is 24.8 Å². The highest BCUT2D eigenvalue weighted by Crippen LogP contribution is 2.37. The Morgan fingerprint density at radius 1 is 1.33 bits per heavy atom. The third kappa shape index (κ3) is 2.54. The lowest BCUT2D eigenvalue weighted by atomic mass is 9.76. The molecule has 0 amide bonds. The molecule has 100 valence electrons. The summed E-state index contributed by atoms with van der Waals surface area (Å²) in [5, 5.41) is 0. The van der Waals surface area contributed by atoms with Gasteiger partial charge in [0.25, 0.3) is 0 Å². The first kappa shape index (κ1) is 13.4. The molecule has 0 saturated heterocycles. The zero-order valence-electron chi connectivity index (χ0n) is 11.9. The topological polar surface area (TPSA) is 29.3 Å². The predicted molar refractivity (Wildman–Crippen MR) is 79.0 cm³/mol. The van der Waals surface area contributed by atoms with Gasteiger partial charge in [0.1, 0.15) is 0 Å². The van der Waals surface area contributed by atoms with E-state index in [9.17, 15) is 0 Å². The molecule has 1 fully saturated rings. The lowest BCUT2D eigenvalue weighted by Gasteiger charge is -2.44. The Balaban J connectivity index is 2.17. The third-order valence-corrected chi connectivity index (χ3v) is 4.68. The molecule has 2 nitrogen and oxygen atoms in total. The first-order chi connectivity index (χ1) is 8.57. The minimum atomic E-state index is 0.0806. The minimum absolute atomic E-state index is 0.0806. The number of benzene rings is 1. The van der Waals surface area contributed by atoms with Gasteiger partial charge in [-0.1, -0.05) is 37.5 Å². The van der Waals surface area contributed by atoms with Gasteiger partial charge in [-0.3, -0.25) is 0 Å². The second-order valence-corrected chi connectivity index (χ2v) is 6.05. The van der Waals surface area contributed by atoms with E-state index in [4.69, 9.17) is 5.73 Å². The number of nitrogens with two attached hydrogens (primary N) is 1. The van der Waals surface area contributed by atoms with E-state index < -0.39 is 0 Å². The first-order valence-electron chi connectivity index (χ1n) is 7.06. The van der Waals surface area contributed by atoms with Crippen molar-refractivity contribution in [3.05, 3.63) is 29.8 Å². The fraction of sp³-hybridized carbons (Fsp3) is 0.625. The van der Waals surface area contributed by atoms with Gasteiger partial charge >= 0.3 is 0 Å². The number of nitrogens with zero attached hydrogens (tertiary/aromatic N) is 1. The van der Waals surface area contributed by atoms with Gasteiger partial charge < -0.3 is 10.6 Å². The highest BCUT2D eigenvalue weighted by atomic mass is 15.2. The van der Waals surface area contributed by atoms with Crippen molar-refractivity contribution in [3.8, 4) is 0 Å². The van der Waals surface area contributed by atoms with Crippen LogP contribution in [0.4, 0.5) is 5.69 Å². The van der Waals surface area contributed by atoms with E-state index in [0.29, 0.717) is 6.54 Å². The van der Waals surface area contributed by atoms with Crippen LogP contribution in [0.5, 0.6) is 0 Å². The van der Waals surface area contributed by atoms with Crippen LogP contribution in [0.15, 0.2) is 24.3 Å². The molecule has 1 saturated carbocycles. The Kier molecular flexibility index (Phi) is 3.96. The van der Waals surface area contributed by atoms with Crippen LogP contribution in [0.25, 0.3) is 0 Å². The molecule has 2 heteroatoms. The zero-order valence-corrected chi connectivity index (χ0v) is 11.9. The van der Waals surface area contributed by atoms with E-state index in [1.54, 1.807) is 0 Å². The summed E-state index contributed by atoms with van der Waals surface area (Å²) in [4.78, 5) is 2.39. The lowest BCUT2D eigenvalue weighted by molar-refractivity contribution is 0.233. The average Bonchev–Trinajstić information content (AvgIpc) is 2.33. The monoisotopic (exact) mass is 246 g/mol. The molecule has 2 rings (SSSR count). The van der Waals surface area contributed by atoms with E-state index in [0.717, 1.165) is 5.92 Å². The molecule has 0 radical (unpaired) electrons. The minimum Gasteiger partial charge on any atom is -0.368 e. The van der Waals surface area contributed by atoms with Gasteiger partial charge in [-0.25, -0.2) is 0 Å². The summed E-state index contributed by atoms with van der Waals surface area (Å²) in [5.41, 5.74) is 8.80. The number of likely N-dealkylation sites (N-methyl/N-ethyl adjacent to an activating group) is 1. The molecule has 1 aliphatic carbocycles. The van der Waals surface area contributed by atoms with Crippen LogP contribution in [0.2, 0.25) is 0 Å². The molecule has 0 bridgehead atoms. The molecular weight excluding hydrogens is 220 g/mol. The maximum atomic E-state index is 6.08. The van der Waals surface area contributed by atoms with Gasteiger partial charge in [-0.15, -0.1) is 0 Å². The second kappa shape index (κ2) is 5.31. The fourth-order valence-corrected chi connectivity index (χ4v) is 2.91. The molecule has 1 aromatic rings. The Labute approximate surface area is 111 Å². The molecule has 1 aromatic carbocycles.